The lowest BCUT2D eigenvalue weighted by atomic mass is 10.0. The van der Waals surface area contributed by atoms with Gasteiger partial charge in [-0.1, -0.05) is 324 Å². The summed E-state index contributed by atoms with van der Waals surface area (Å²) in [5, 5.41) is 10.6. The van der Waals surface area contributed by atoms with Crippen LogP contribution in [0.3, 0.4) is 0 Å². The topological polar surface area (TPSA) is 237 Å². The second kappa shape index (κ2) is 65.4. The predicted molar refractivity (Wildman–Crippen MR) is 368 cm³/mol. The summed E-state index contributed by atoms with van der Waals surface area (Å²) in [6, 6.07) is 0. The minimum atomic E-state index is -4.95. The Kier molecular flexibility index (Phi) is 64.0. The highest BCUT2D eigenvalue weighted by Gasteiger charge is 2.30. The fraction of sp³-hybridized carbons (Fsp3) is 0.944. The van der Waals surface area contributed by atoms with Gasteiger partial charge >= 0.3 is 39.5 Å². The molecule has 0 saturated carbocycles. The number of esters is 4. The molecule has 0 amide bonds. The lowest BCUT2D eigenvalue weighted by Gasteiger charge is -2.21. The minimum absolute atomic E-state index is 0.107. The Balaban J connectivity index is 5.21. The normalized spacial score (nSPS) is 14.0. The van der Waals surface area contributed by atoms with Crippen molar-refractivity contribution in [3.8, 4) is 0 Å². The van der Waals surface area contributed by atoms with E-state index in [1.165, 1.54) is 199 Å². The highest BCUT2D eigenvalue weighted by molar-refractivity contribution is 7.47. The number of aliphatic hydroxyl groups is 1. The van der Waals surface area contributed by atoms with Gasteiger partial charge in [0.1, 0.15) is 19.3 Å². The first-order chi connectivity index (χ1) is 44.0. The molecule has 0 rings (SSSR count). The smallest absolute Gasteiger partial charge is 0.462 e. The quantitative estimate of drug-likeness (QED) is 0.0222. The van der Waals surface area contributed by atoms with Crippen molar-refractivity contribution in [1.29, 1.82) is 0 Å². The average Bonchev–Trinajstić information content (AvgIpc) is 3.58. The van der Waals surface area contributed by atoms with Crippen LogP contribution in [0.1, 0.15) is 375 Å². The van der Waals surface area contributed by atoms with Crippen LogP contribution in [0.25, 0.3) is 0 Å². The molecule has 0 aromatic carbocycles. The van der Waals surface area contributed by atoms with Gasteiger partial charge in [-0.2, -0.15) is 0 Å². The molecule has 0 aliphatic heterocycles. The van der Waals surface area contributed by atoms with Gasteiger partial charge in [0.05, 0.1) is 26.4 Å². The van der Waals surface area contributed by atoms with Crippen LogP contribution < -0.4 is 0 Å². The van der Waals surface area contributed by atoms with Crippen LogP contribution in [0.4, 0.5) is 0 Å². The third kappa shape index (κ3) is 66.5. The van der Waals surface area contributed by atoms with E-state index in [9.17, 15) is 43.2 Å². The second-order valence-electron chi connectivity index (χ2n) is 26.5. The summed E-state index contributed by atoms with van der Waals surface area (Å²) in [7, 11) is -9.90. The summed E-state index contributed by atoms with van der Waals surface area (Å²) < 4.78 is 68.3. The summed E-state index contributed by atoms with van der Waals surface area (Å²) in [6.45, 7) is 7.22. The van der Waals surface area contributed by atoms with Crippen molar-refractivity contribution < 1.29 is 80.2 Å². The van der Waals surface area contributed by atoms with E-state index in [0.717, 1.165) is 95.8 Å². The van der Waals surface area contributed by atoms with E-state index in [1.54, 1.807) is 0 Å². The van der Waals surface area contributed by atoms with Gasteiger partial charge in [0.25, 0.3) is 0 Å². The molecular weight excluding hydrogens is 1200 g/mol. The third-order valence-corrected chi connectivity index (χ3v) is 18.7. The average molecular weight is 1340 g/mol. The molecular formula is C72H140O17P2. The molecule has 3 N–H and O–H groups in total. The molecule has 19 heteroatoms. The van der Waals surface area contributed by atoms with Crippen molar-refractivity contribution in [2.24, 2.45) is 5.92 Å². The summed E-state index contributed by atoms with van der Waals surface area (Å²) in [5.74, 6) is -1.39. The molecule has 0 spiro atoms. The van der Waals surface area contributed by atoms with Gasteiger partial charge in [0, 0.05) is 25.7 Å². The monoisotopic (exact) mass is 1340 g/mol. The Morgan fingerprint density at radius 3 is 0.747 bits per heavy atom. The van der Waals surface area contributed by atoms with E-state index in [2.05, 4.69) is 34.6 Å². The Morgan fingerprint density at radius 2 is 0.505 bits per heavy atom. The SMILES string of the molecule is CCCCCCCCCCCCCCCCCCCCC(=O)O[C@H](COC(=O)CCCCCCCCCCC(C)C)COP(=O)(O)OC[C@@H](O)COP(=O)(O)OC[C@@H](COC(=O)CCCCCCCCCCCCC)OC(=O)CCCCCCCCCCCCC. The molecule has 5 atom stereocenters. The van der Waals surface area contributed by atoms with Gasteiger partial charge in [-0.3, -0.25) is 37.3 Å². The summed E-state index contributed by atoms with van der Waals surface area (Å²) in [6.07, 6.45) is 52.7. The molecule has 17 nitrogen and oxygen atoms in total. The zero-order valence-electron chi connectivity index (χ0n) is 59.0. The Morgan fingerprint density at radius 1 is 0.297 bits per heavy atom. The first-order valence-corrected chi connectivity index (χ1v) is 40.6. The van der Waals surface area contributed by atoms with Gasteiger partial charge < -0.3 is 33.8 Å². The lowest BCUT2D eigenvalue weighted by molar-refractivity contribution is -0.161. The van der Waals surface area contributed by atoms with Crippen molar-refractivity contribution in [1.82, 2.24) is 0 Å². The third-order valence-electron chi connectivity index (χ3n) is 16.8. The zero-order valence-corrected chi connectivity index (χ0v) is 60.8. The van der Waals surface area contributed by atoms with Crippen molar-refractivity contribution in [3.05, 3.63) is 0 Å². The number of hydrogen-bond acceptors (Lipinski definition) is 15. The Bertz CT molecular complexity index is 1750. The maximum Gasteiger partial charge on any atom is 0.472 e. The van der Waals surface area contributed by atoms with Crippen molar-refractivity contribution >= 4 is 39.5 Å². The van der Waals surface area contributed by atoms with Crippen LogP contribution in [-0.2, 0) is 65.4 Å². The van der Waals surface area contributed by atoms with Crippen LogP contribution in [0.5, 0.6) is 0 Å². The maximum atomic E-state index is 13.0. The largest absolute Gasteiger partial charge is 0.472 e. The number of rotatable bonds is 72. The van der Waals surface area contributed by atoms with Crippen molar-refractivity contribution in [2.75, 3.05) is 39.6 Å². The van der Waals surface area contributed by atoms with E-state index in [4.69, 9.17) is 37.0 Å². The number of phosphoric acid groups is 2. The molecule has 540 valence electrons. The van der Waals surface area contributed by atoms with Gasteiger partial charge in [-0.15, -0.1) is 0 Å². The molecule has 0 aliphatic rings. The summed E-state index contributed by atoms with van der Waals surface area (Å²) >= 11 is 0. The number of aliphatic hydroxyl groups excluding tert-OH is 1. The van der Waals surface area contributed by atoms with E-state index in [0.29, 0.717) is 25.7 Å². The number of ether oxygens (including phenoxy) is 4. The number of unbranched alkanes of at least 4 members (excludes halogenated alkanes) is 44. The van der Waals surface area contributed by atoms with Gasteiger partial charge in [-0.05, 0) is 31.6 Å². The summed E-state index contributed by atoms with van der Waals surface area (Å²) in [4.78, 5) is 72.6. The molecule has 0 bridgehead atoms. The molecule has 0 aliphatic carbocycles. The van der Waals surface area contributed by atoms with E-state index < -0.39 is 97.5 Å². The molecule has 0 aromatic rings. The van der Waals surface area contributed by atoms with Crippen LogP contribution in [0.15, 0.2) is 0 Å². The molecule has 0 aromatic heterocycles. The van der Waals surface area contributed by atoms with Crippen LogP contribution in [0, 0.1) is 5.92 Å². The number of carbonyl (C=O) groups is 4. The first-order valence-electron chi connectivity index (χ1n) is 37.6. The van der Waals surface area contributed by atoms with Gasteiger partial charge in [-0.25, -0.2) is 9.13 Å². The molecule has 91 heavy (non-hydrogen) atoms. The summed E-state index contributed by atoms with van der Waals surface area (Å²) in [5.41, 5.74) is 0. The standard InChI is InChI=1S/C72H140O17P2/c1-6-9-12-15-18-21-24-25-26-27-28-29-30-33-36-43-48-53-58-72(77)89-68(62-83-70(75)56-51-46-41-38-37-39-44-49-54-65(4)5)64-87-91(80,81)85-60-66(73)59-84-90(78,79)86-63-67(88-71(76)57-52-47-42-35-32-23-20-17-14-11-8-3)61-82-69(74)55-50-45-40-34-31-22-19-16-13-10-7-2/h65-68,73H,6-64H2,1-5H3,(H,78,79)(H,80,81)/t66-,67+,68+/m0/s1. The van der Waals surface area contributed by atoms with E-state index in [1.807, 2.05) is 0 Å². The second-order valence-corrected chi connectivity index (χ2v) is 29.4. The van der Waals surface area contributed by atoms with E-state index >= 15 is 0 Å². The van der Waals surface area contributed by atoms with Crippen molar-refractivity contribution in [2.45, 2.75) is 393 Å². The molecule has 0 fully saturated rings. The molecule has 2 unspecified atom stereocenters. The van der Waals surface area contributed by atoms with Gasteiger partial charge in [0.2, 0.25) is 0 Å². The Labute approximate surface area is 556 Å². The van der Waals surface area contributed by atoms with Gasteiger partial charge in [0.15, 0.2) is 12.2 Å². The maximum absolute atomic E-state index is 13.0. The van der Waals surface area contributed by atoms with Crippen LogP contribution in [0.2, 0.25) is 0 Å². The molecule has 0 heterocycles. The fourth-order valence-electron chi connectivity index (χ4n) is 11.0. The van der Waals surface area contributed by atoms with Crippen LogP contribution in [-0.4, -0.2) is 96.7 Å². The highest BCUT2D eigenvalue weighted by atomic mass is 31.2. The van der Waals surface area contributed by atoms with E-state index in [-0.39, 0.29) is 25.7 Å². The molecule has 0 saturated heterocycles. The Hall–Kier alpha value is -1.94. The molecule has 0 radical (unpaired) electrons. The minimum Gasteiger partial charge on any atom is -0.462 e. The number of carbonyl (C=O) groups excluding carboxylic acids is 4. The van der Waals surface area contributed by atoms with Crippen LogP contribution >= 0.6 is 15.6 Å². The zero-order chi connectivity index (χ0) is 67.0. The lowest BCUT2D eigenvalue weighted by Crippen LogP contribution is -2.30. The van der Waals surface area contributed by atoms with Crippen molar-refractivity contribution in [3.63, 3.8) is 0 Å². The number of hydrogen-bond donors (Lipinski definition) is 3. The number of phosphoric ester groups is 2. The predicted octanol–water partition coefficient (Wildman–Crippen LogP) is 20.9. The highest BCUT2D eigenvalue weighted by Crippen LogP contribution is 2.45. The first kappa shape index (κ1) is 89.1. The fourth-order valence-corrected chi connectivity index (χ4v) is 12.6.